The van der Waals surface area contributed by atoms with E-state index in [9.17, 15) is 9.59 Å². The van der Waals surface area contributed by atoms with Gasteiger partial charge in [-0.15, -0.1) is 10.2 Å². The number of hydrogen-bond acceptors (Lipinski definition) is 8. The molecule has 2 aromatic carbocycles. The summed E-state index contributed by atoms with van der Waals surface area (Å²) in [5.74, 6) is 1.97. The third kappa shape index (κ3) is 6.77. The first-order valence-electron chi connectivity index (χ1n) is 10.8. The van der Waals surface area contributed by atoms with Gasteiger partial charge in [-0.25, -0.2) is 4.79 Å². The summed E-state index contributed by atoms with van der Waals surface area (Å²) in [6, 6.07) is 8.99. The average molecular weight is 533 g/mol. The summed E-state index contributed by atoms with van der Waals surface area (Å²) >= 11 is 3.50. The minimum atomic E-state index is -1.42. The van der Waals surface area contributed by atoms with Gasteiger partial charge in [0.05, 0.1) is 17.7 Å². The lowest BCUT2D eigenvalue weighted by molar-refractivity contribution is -0.107. The lowest BCUT2D eigenvalue weighted by Crippen LogP contribution is -2.10. The van der Waals surface area contributed by atoms with E-state index in [2.05, 4.69) is 36.6 Å². The maximum Gasteiger partial charge on any atom is 0.511 e. The van der Waals surface area contributed by atoms with E-state index in [1.807, 2.05) is 25.1 Å². The second-order valence-corrected chi connectivity index (χ2v) is 8.16. The first-order chi connectivity index (χ1) is 16.5. The molecule has 0 aliphatic heterocycles. The van der Waals surface area contributed by atoms with Crippen molar-refractivity contribution in [3.05, 3.63) is 45.9 Å². The van der Waals surface area contributed by atoms with E-state index in [1.165, 1.54) is 0 Å². The normalized spacial score (nSPS) is 10.6. The number of H-pyrrole nitrogens is 1. The monoisotopic (exact) mass is 532 g/mol. The van der Waals surface area contributed by atoms with Crippen LogP contribution < -0.4 is 14.2 Å². The van der Waals surface area contributed by atoms with E-state index in [-0.39, 0.29) is 12.2 Å². The van der Waals surface area contributed by atoms with Crippen LogP contribution in [0.5, 0.6) is 17.2 Å². The molecule has 0 unspecified atom stereocenters. The van der Waals surface area contributed by atoms with Gasteiger partial charge in [0.2, 0.25) is 5.82 Å². The highest BCUT2D eigenvalue weighted by molar-refractivity contribution is 9.10. The third-order valence-electron chi connectivity index (χ3n) is 4.88. The number of rotatable bonds is 13. The number of aldehydes is 1. The number of nitrogens with one attached hydrogen (secondary N) is 1. The van der Waals surface area contributed by atoms with Crippen molar-refractivity contribution in [2.45, 2.75) is 39.0 Å². The summed E-state index contributed by atoms with van der Waals surface area (Å²) in [5, 5.41) is 23.0. The van der Waals surface area contributed by atoms with Gasteiger partial charge in [0.25, 0.3) is 0 Å². The van der Waals surface area contributed by atoms with E-state index in [0.717, 1.165) is 35.6 Å². The number of halogens is 1. The molecule has 0 saturated carbocycles. The molecule has 0 saturated heterocycles. The first-order valence-corrected chi connectivity index (χ1v) is 11.6. The van der Waals surface area contributed by atoms with Crippen molar-refractivity contribution in [1.82, 2.24) is 20.6 Å². The van der Waals surface area contributed by atoms with Gasteiger partial charge in [0, 0.05) is 23.1 Å². The highest BCUT2D eigenvalue weighted by Crippen LogP contribution is 2.34. The van der Waals surface area contributed by atoms with E-state index in [0.29, 0.717) is 48.1 Å². The molecule has 11 heteroatoms. The minimum Gasteiger partial charge on any atom is -0.493 e. The Morgan fingerprint density at radius 1 is 1.15 bits per heavy atom. The summed E-state index contributed by atoms with van der Waals surface area (Å²) in [7, 11) is 0. The Morgan fingerprint density at radius 3 is 2.50 bits per heavy atom. The molecule has 3 rings (SSSR count). The SMILES string of the molecule is CCCc1c(OCCCCOc2ccc(-c3nn[nH]n3)cc2Br)ccc(CC=O)c1OC(=O)O. The molecule has 10 nitrogen and oxygen atoms in total. The van der Waals surface area contributed by atoms with Crippen LogP contribution in [0.1, 0.15) is 37.3 Å². The molecule has 34 heavy (non-hydrogen) atoms. The van der Waals surface area contributed by atoms with Crippen molar-refractivity contribution in [3.8, 4) is 28.6 Å². The van der Waals surface area contributed by atoms with Gasteiger partial charge in [0.1, 0.15) is 23.5 Å². The quantitative estimate of drug-likeness (QED) is 0.140. The van der Waals surface area contributed by atoms with Crippen LogP contribution in [0.15, 0.2) is 34.8 Å². The fourth-order valence-corrected chi connectivity index (χ4v) is 3.85. The smallest absolute Gasteiger partial charge is 0.493 e. The number of benzene rings is 2. The number of aromatic nitrogens is 4. The number of unbranched alkanes of at least 4 members (excludes halogenated alkanes) is 1. The van der Waals surface area contributed by atoms with Crippen LogP contribution in [0, 0.1) is 0 Å². The minimum absolute atomic E-state index is 0.0720. The van der Waals surface area contributed by atoms with Crippen molar-refractivity contribution in [2.24, 2.45) is 0 Å². The van der Waals surface area contributed by atoms with Gasteiger partial charge in [0.15, 0.2) is 0 Å². The Bertz CT molecular complexity index is 1110. The number of carbonyl (C=O) groups excluding carboxylic acids is 1. The van der Waals surface area contributed by atoms with Crippen LogP contribution in [0.3, 0.4) is 0 Å². The Hall–Kier alpha value is -3.47. The molecule has 0 aliphatic rings. The zero-order valence-corrected chi connectivity index (χ0v) is 20.2. The van der Waals surface area contributed by atoms with E-state index in [4.69, 9.17) is 19.3 Å². The molecule has 0 aliphatic carbocycles. The number of aromatic amines is 1. The molecule has 0 fully saturated rings. The second-order valence-electron chi connectivity index (χ2n) is 7.30. The lowest BCUT2D eigenvalue weighted by atomic mass is 10.0. The molecule has 1 aromatic heterocycles. The molecule has 3 aromatic rings. The predicted molar refractivity (Wildman–Crippen MR) is 126 cm³/mol. The van der Waals surface area contributed by atoms with Gasteiger partial charge in [-0.1, -0.05) is 19.4 Å². The van der Waals surface area contributed by atoms with Crippen LogP contribution in [0.4, 0.5) is 4.79 Å². The van der Waals surface area contributed by atoms with Crippen LogP contribution in [-0.4, -0.2) is 51.4 Å². The molecule has 0 bridgehead atoms. The number of nitrogens with zero attached hydrogens (tertiary/aromatic N) is 3. The van der Waals surface area contributed by atoms with Crippen molar-refractivity contribution in [2.75, 3.05) is 13.2 Å². The second kappa shape index (κ2) is 12.7. The van der Waals surface area contributed by atoms with Gasteiger partial charge in [-0.3, -0.25) is 0 Å². The highest BCUT2D eigenvalue weighted by atomic mass is 79.9. The highest BCUT2D eigenvalue weighted by Gasteiger charge is 2.18. The largest absolute Gasteiger partial charge is 0.511 e. The number of ether oxygens (including phenoxy) is 3. The van der Waals surface area contributed by atoms with E-state index >= 15 is 0 Å². The number of hydrogen-bond donors (Lipinski definition) is 2. The van der Waals surface area contributed by atoms with Crippen molar-refractivity contribution >= 4 is 28.4 Å². The molecule has 0 amide bonds. The Balaban J connectivity index is 1.53. The van der Waals surface area contributed by atoms with E-state index < -0.39 is 6.16 Å². The van der Waals surface area contributed by atoms with Crippen LogP contribution in [-0.2, 0) is 17.6 Å². The summed E-state index contributed by atoms with van der Waals surface area (Å²) < 4.78 is 17.6. The van der Waals surface area contributed by atoms with Crippen LogP contribution >= 0.6 is 15.9 Å². The molecule has 2 N–H and O–H groups in total. The molecule has 0 spiro atoms. The first kappa shape index (κ1) is 25.2. The van der Waals surface area contributed by atoms with Gasteiger partial charge in [-0.05, 0) is 64.7 Å². The number of carboxylic acid groups (broad SMARTS) is 1. The number of carbonyl (C=O) groups is 2. The maximum atomic E-state index is 11.2. The predicted octanol–water partition coefficient (Wildman–Crippen LogP) is 4.62. The molecule has 0 radical (unpaired) electrons. The fourth-order valence-electron chi connectivity index (χ4n) is 3.35. The summed E-state index contributed by atoms with van der Waals surface area (Å²) in [6.45, 7) is 2.90. The molecule has 180 valence electrons. The zero-order valence-electron chi connectivity index (χ0n) is 18.6. The Kier molecular flexibility index (Phi) is 9.39. The Morgan fingerprint density at radius 2 is 1.88 bits per heavy atom. The fraction of sp³-hybridized carbons (Fsp3) is 0.348. The standard InChI is InChI=1S/C23H25BrN4O6/c1-2-5-17-19(8-6-15(10-11-29)21(17)34-23(30)31)32-12-3-4-13-33-20-9-7-16(14-18(20)24)22-25-27-28-26-22/h6-9,11,14H,2-5,10,12-13H2,1H3,(H,30,31)(H,25,26,27,28). The van der Waals surface area contributed by atoms with Crippen LogP contribution in [0.2, 0.25) is 0 Å². The van der Waals surface area contributed by atoms with Gasteiger partial charge in [-0.2, -0.15) is 5.21 Å². The molecule has 1 heterocycles. The lowest BCUT2D eigenvalue weighted by Gasteiger charge is -2.17. The van der Waals surface area contributed by atoms with Gasteiger partial charge >= 0.3 is 6.16 Å². The van der Waals surface area contributed by atoms with Crippen molar-refractivity contribution in [3.63, 3.8) is 0 Å². The molecular formula is C23H25BrN4O6. The summed E-state index contributed by atoms with van der Waals surface area (Å²) in [6.07, 6.45) is 2.20. The summed E-state index contributed by atoms with van der Waals surface area (Å²) in [5.41, 5.74) is 2.00. The molecule has 0 atom stereocenters. The van der Waals surface area contributed by atoms with Crippen LogP contribution in [0.25, 0.3) is 11.4 Å². The number of tetrazole rings is 1. The van der Waals surface area contributed by atoms with Gasteiger partial charge < -0.3 is 24.1 Å². The summed E-state index contributed by atoms with van der Waals surface area (Å²) in [4.78, 5) is 22.1. The van der Waals surface area contributed by atoms with E-state index in [1.54, 1.807) is 12.1 Å². The van der Waals surface area contributed by atoms with Crippen molar-refractivity contribution < 1.29 is 28.9 Å². The van der Waals surface area contributed by atoms with Crippen molar-refractivity contribution in [1.29, 1.82) is 0 Å². The molecular weight excluding hydrogens is 508 g/mol. The zero-order chi connectivity index (χ0) is 24.3. The average Bonchev–Trinajstić information content (AvgIpc) is 3.35. The third-order valence-corrected chi connectivity index (χ3v) is 5.50. The Labute approximate surface area is 204 Å². The maximum absolute atomic E-state index is 11.2. The topological polar surface area (TPSA) is 137 Å².